The van der Waals surface area contributed by atoms with E-state index in [9.17, 15) is 4.79 Å². The summed E-state index contributed by atoms with van der Waals surface area (Å²) in [4.78, 5) is 15.3. The van der Waals surface area contributed by atoms with Crippen molar-refractivity contribution in [1.29, 1.82) is 0 Å². The van der Waals surface area contributed by atoms with Gasteiger partial charge in [-0.3, -0.25) is 9.69 Å². The Balaban J connectivity index is 1.63. The lowest BCUT2D eigenvalue weighted by Crippen LogP contribution is -2.28. The molecule has 0 radical (unpaired) electrons. The summed E-state index contributed by atoms with van der Waals surface area (Å²) < 4.78 is 8.01. The van der Waals surface area contributed by atoms with Crippen molar-refractivity contribution in [2.45, 2.75) is 32.6 Å². The number of carbonyl (C=O) groups excluding carboxylic acids is 1. The highest BCUT2D eigenvalue weighted by Gasteiger charge is 2.32. The highest BCUT2D eigenvalue weighted by Crippen LogP contribution is 2.35. The van der Waals surface area contributed by atoms with Crippen LogP contribution in [0.15, 0.2) is 64.2 Å². The molecule has 1 fully saturated rings. The zero-order valence-electron chi connectivity index (χ0n) is 16.8. The summed E-state index contributed by atoms with van der Waals surface area (Å²) in [7, 11) is 0. The molecule has 1 aromatic carbocycles. The molecule has 0 aliphatic carbocycles. The van der Waals surface area contributed by atoms with Crippen LogP contribution in [0.2, 0.25) is 0 Å². The van der Waals surface area contributed by atoms with E-state index in [4.69, 9.17) is 21.7 Å². The molecule has 1 aliphatic rings. The zero-order valence-corrected chi connectivity index (χ0v) is 18.4. The van der Waals surface area contributed by atoms with Crippen LogP contribution in [0.5, 0.6) is 0 Å². The largest absolute Gasteiger partial charge is 0.463 e. The van der Waals surface area contributed by atoms with E-state index in [0.29, 0.717) is 27.2 Å². The molecule has 3 aromatic rings. The number of rotatable bonds is 8. The smallest absolute Gasteiger partial charge is 0.266 e. The first kappa shape index (κ1) is 20.6. The van der Waals surface area contributed by atoms with E-state index in [0.717, 1.165) is 24.1 Å². The fourth-order valence-corrected chi connectivity index (χ4v) is 4.64. The summed E-state index contributed by atoms with van der Waals surface area (Å²) in [5.74, 6) is 0.630. The summed E-state index contributed by atoms with van der Waals surface area (Å²) in [6.07, 6.45) is 9.83. The molecular weight excluding hydrogens is 414 g/mol. The molecule has 154 valence electrons. The van der Waals surface area contributed by atoms with Gasteiger partial charge < -0.3 is 4.42 Å². The second kappa shape index (κ2) is 9.45. The quantitative estimate of drug-likeness (QED) is 0.249. The second-order valence-corrected chi connectivity index (χ2v) is 8.76. The normalized spacial score (nSPS) is 15.5. The minimum Gasteiger partial charge on any atom is -0.463 e. The van der Waals surface area contributed by atoms with E-state index >= 15 is 0 Å². The first-order valence-corrected chi connectivity index (χ1v) is 11.3. The SMILES string of the molecule is CCCCCCN1C(=O)/C(=C/c2cn(-c3ccccc3)nc2-c2ccco2)SC1=S. The monoisotopic (exact) mass is 437 g/mol. The van der Waals surface area contributed by atoms with Crippen molar-refractivity contribution in [3.05, 3.63) is 65.4 Å². The van der Waals surface area contributed by atoms with E-state index in [1.165, 1.54) is 24.6 Å². The number of nitrogens with zero attached hydrogens (tertiary/aromatic N) is 3. The third-order valence-corrected chi connectivity index (χ3v) is 6.29. The van der Waals surface area contributed by atoms with Crippen molar-refractivity contribution in [2.75, 3.05) is 6.54 Å². The Morgan fingerprint density at radius 2 is 1.97 bits per heavy atom. The summed E-state index contributed by atoms with van der Waals surface area (Å²) in [6, 6.07) is 13.6. The van der Waals surface area contributed by atoms with Gasteiger partial charge in [-0.05, 0) is 36.8 Å². The molecule has 2 aromatic heterocycles. The first-order chi connectivity index (χ1) is 14.7. The van der Waals surface area contributed by atoms with Gasteiger partial charge in [-0.1, -0.05) is 68.4 Å². The number of aromatic nitrogens is 2. The molecule has 0 spiro atoms. The predicted octanol–water partition coefficient (Wildman–Crippen LogP) is 5.91. The number of carbonyl (C=O) groups is 1. The van der Waals surface area contributed by atoms with Crippen LogP contribution < -0.4 is 0 Å². The molecule has 0 atom stereocenters. The van der Waals surface area contributed by atoms with Crippen LogP contribution in [0.3, 0.4) is 0 Å². The van der Waals surface area contributed by atoms with Crippen molar-refractivity contribution in [3.8, 4) is 17.1 Å². The number of para-hydroxylation sites is 1. The fraction of sp³-hybridized carbons (Fsp3) is 0.261. The van der Waals surface area contributed by atoms with Crippen molar-refractivity contribution in [1.82, 2.24) is 14.7 Å². The topological polar surface area (TPSA) is 51.3 Å². The molecule has 4 rings (SSSR count). The Labute approximate surface area is 185 Å². The summed E-state index contributed by atoms with van der Waals surface area (Å²) in [5.41, 5.74) is 2.45. The molecule has 0 bridgehead atoms. The molecule has 5 nitrogen and oxygen atoms in total. The molecule has 1 amide bonds. The number of amides is 1. The molecule has 7 heteroatoms. The maximum atomic E-state index is 13.0. The predicted molar refractivity (Wildman–Crippen MR) is 125 cm³/mol. The van der Waals surface area contributed by atoms with Gasteiger partial charge >= 0.3 is 0 Å². The fourth-order valence-electron chi connectivity index (χ4n) is 3.34. The highest BCUT2D eigenvalue weighted by molar-refractivity contribution is 8.26. The Morgan fingerprint density at radius 3 is 2.70 bits per heavy atom. The van der Waals surface area contributed by atoms with Crippen LogP contribution in [-0.4, -0.2) is 31.5 Å². The average Bonchev–Trinajstić information content (AvgIpc) is 3.48. The lowest BCUT2D eigenvalue weighted by atomic mass is 10.2. The Morgan fingerprint density at radius 1 is 1.13 bits per heavy atom. The van der Waals surface area contributed by atoms with Gasteiger partial charge in [-0.25, -0.2) is 4.68 Å². The number of benzene rings is 1. The Bertz CT molecular complexity index is 1060. The van der Waals surface area contributed by atoms with E-state index in [-0.39, 0.29) is 5.91 Å². The first-order valence-electron chi connectivity index (χ1n) is 10.1. The van der Waals surface area contributed by atoms with Crippen molar-refractivity contribution in [3.63, 3.8) is 0 Å². The summed E-state index contributed by atoms with van der Waals surface area (Å²) >= 11 is 6.82. The molecule has 1 aliphatic heterocycles. The van der Waals surface area contributed by atoms with Gasteiger partial charge in [0.1, 0.15) is 10.0 Å². The van der Waals surface area contributed by atoms with Crippen molar-refractivity contribution >= 4 is 40.3 Å². The maximum Gasteiger partial charge on any atom is 0.266 e. The van der Waals surface area contributed by atoms with Gasteiger partial charge in [0.05, 0.1) is 16.9 Å². The van der Waals surface area contributed by atoms with Crippen LogP contribution in [0.25, 0.3) is 23.2 Å². The van der Waals surface area contributed by atoms with Crippen LogP contribution >= 0.6 is 24.0 Å². The number of furan rings is 1. The van der Waals surface area contributed by atoms with E-state index in [2.05, 4.69) is 6.92 Å². The minimum atomic E-state index is -0.0284. The van der Waals surface area contributed by atoms with Crippen LogP contribution in [-0.2, 0) is 4.79 Å². The van der Waals surface area contributed by atoms with Crippen LogP contribution in [0.4, 0.5) is 0 Å². The lowest BCUT2D eigenvalue weighted by Gasteiger charge is -2.13. The number of hydrogen-bond donors (Lipinski definition) is 0. The molecule has 30 heavy (non-hydrogen) atoms. The van der Waals surface area contributed by atoms with Crippen molar-refractivity contribution < 1.29 is 9.21 Å². The standard InChI is InChI=1S/C23H23N3O2S2/c1-2-3-4-8-13-25-22(27)20(30-23(25)29)15-17-16-26(18-10-6-5-7-11-18)24-21(17)19-12-9-14-28-19/h5-7,9-12,14-16H,2-4,8,13H2,1H3/b20-15-. The number of hydrogen-bond acceptors (Lipinski definition) is 5. The number of thioether (sulfide) groups is 1. The number of thiocarbonyl (C=S) groups is 1. The van der Waals surface area contributed by atoms with Crippen molar-refractivity contribution in [2.24, 2.45) is 0 Å². The molecule has 1 saturated heterocycles. The second-order valence-electron chi connectivity index (χ2n) is 7.08. The van der Waals surface area contributed by atoms with Gasteiger partial charge in [0.2, 0.25) is 0 Å². The molecule has 0 N–H and O–H groups in total. The Hall–Kier alpha value is -2.64. The molecule has 0 unspecified atom stereocenters. The average molecular weight is 438 g/mol. The lowest BCUT2D eigenvalue weighted by molar-refractivity contribution is -0.122. The van der Waals surface area contributed by atoms with E-state index < -0.39 is 0 Å². The van der Waals surface area contributed by atoms with E-state index in [1.54, 1.807) is 15.8 Å². The molecule has 0 saturated carbocycles. The summed E-state index contributed by atoms with van der Waals surface area (Å²) in [6.45, 7) is 2.85. The maximum absolute atomic E-state index is 13.0. The molecular formula is C23H23N3O2S2. The van der Waals surface area contributed by atoms with E-state index in [1.807, 2.05) is 54.7 Å². The molecule has 3 heterocycles. The van der Waals surface area contributed by atoms with Gasteiger partial charge in [0.25, 0.3) is 5.91 Å². The van der Waals surface area contributed by atoms with Gasteiger partial charge in [-0.15, -0.1) is 0 Å². The third-order valence-electron chi connectivity index (χ3n) is 4.91. The summed E-state index contributed by atoms with van der Waals surface area (Å²) in [5, 5.41) is 4.71. The van der Waals surface area contributed by atoms with Gasteiger partial charge in [0.15, 0.2) is 5.76 Å². The van der Waals surface area contributed by atoms with Gasteiger partial charge in [-0.2, -0.15) is 5.10 Å². The highest BCUT2D eigenvalue weighted by atomic mass is 32.2. The van der Waals surface area contributed by atoms with Gasteiger partial charge in [0, 0.05) is 18.3 Å². The van der Waals surface area contributed by atoms with Crippen LogP contribution in [0.1, 0.15) is 38.2 Å². The third kappa shape index (κ3) is 4.42. The Kier molecular flexibility index (Phi) is 6.50. The number of unbranched alkanes of at least 4 members (excludes halogenated alkanes) is 3. The zero-order chi connectivity index (χ0) is 20.9. The van der Waals surface area contributed by atoms with Crippen LogP contribution in [0, 0.1) is 0 Å². The minimum absolute atomic E-state index is 0.0284.